The molecule has 20 heavy (non-hydrogen) atoms. The fourth-order valence-electron chi connectivity index (χ4n) is 3.15. The predicted molar refractivity (Wildman–Crippen MR) is 92.1 cm³/mol. The molecule has 2 saturated heterocycles. The second-order valence-electron chi connectivity index (χ2n) is 8.72. The van der Waals surface area contributed by atoms with Crippen molar-refractivity contribution in [2.24, 2.45) is 11.3 Å². The Morgan fingerprint density at radius 3 is 2.00 bits per heavy atom. The van der Waals surface area contributed by atoms with Crippen LogP contribution in [0.5, 0.6) is 0 Å². The zero-order valence-corrected chi connectivity index (χ0v) is 15.3. The van der Waals surface area contributed by atoms with Gasteiger partial charge in [-0.1, -0.05) is 13.8 Å². The third kappa shape index (κ3) is 3.92. The molecule has 2 aliphatic rings. The van der Waals surface area contributed by atoms with E-state index in [0.717, 1.165) is 19.1 Å². The molecule has 0 N–H and O–H groups in total. The number of ether oxygens (including phenoxy) is 1. The highest BCUT2D eigenvalue weighted by molar-refractivity contribution is 8.33. The van der Waals surface area contributed by atoms with Crippen LogP contribution >= 0.6 is 10.0 Å². The molecule has 0 saturated carbocycles. The highest BCUT2D eigenvalue weighted by atomic mass is 32.3. The summed E-state index contributed by atoms with van der Waals surface area (Å²) in [5.74, 6) is 5.16. The Bertz CT molecular complexity index is 322. The van der Waals surface area contributed by atoms with Gasteiger partial charge in [0.15, 0.2) is 0 Å². The third-order valence-electron chi connectivity index (χ3n) is 5.64. The van der Waals surface area contributed by atoms with E-state index in [2.05, 4.69) is 45.8 Å². The lowest BCUT2D eigenvalue weighted by Gasteiger charge is -2.50. The largest absolute Gasteiger partial charge is 0.381 e. The quantitative estimate of drug-likeness (QED) is 0.787. The Morgan fingerprint density at radius 2 is 1.60 bits per heavy atom. The van der Waals surface area contributed by atoms with E-state index >= 15 is 0 Å². The summed E-state index contributed by atoms with van der Waals surface area (Å²) in [6.07, 6.45) is 3.99. The maximum absolute atomic E-state index is 5.39. The van der Waals surface area contributed by atoms with Gasteiger partial charge in [-0.25, -0.2) is 10.0 Å². The molecule has 0 aliphatic carbocycles. The van der Waals surface area contributed by atoms with E-state index in [-0.39, 0.29) is 10.0 Å². The lowest BCUT2D eigenvalue weighted by atomic mass is 9.76. The molecule has 0 aromatic heterocycles. The molecule has 0 bridgehead atoms. The Kier molecular flexibility index (Phi) is 4.83. The summed E-state index contributed by atoms with van der Waals surface area (Å²) in [6.45, 7) is 16.6. The van der Waals surface area contributed by atoms with Gasteiger partial charge in [-0.3, -0.25) is 4.90 Å². The van der Waals surface area contributed by atoms with Crippen molar-refractivity contribution >= 4 is 10.0 Å². The zero-order chi connectivity index (χ0) is 15.0. The molecule has 0 atom stereocenters. The highest BCUT2D eigenvalue weighted by Gasteiger charge is 2.37. The standard InChI is InChI=1S/C17H35NOS/c1-16(2,3)18-8-11-20(6,12-9-18)10-7-17(4,5)15-13-19-14-15/h15H,7-14H2,1-6H3. The number of rotatable bonds is 4. The molecule has 2 heterocycles. The molecular formula is C17H35NOS. The van der Waals surface area contributed by atoms with Crippen LogP contribution in [0.3, 0.4) is 0 Å². The lowest BCUT2D eigenvalue weighted by Crippen LogP contribution is -2.49. The summed E-state index contributed by atoms with van der Waals surface area (Å²) in [7, 11) is -0.367. The van der Waals surface area contributed by atoms with Gasteiger partial charge in [-0.15, -0.1) is 0 Å². The van der Waals surface area contributed by atoms with Crippen LogP contribution in [0.1, 0.15) is 41.0 Å². The van der Waals surface area contributed by atoms with E-state index in [1.54, 1.807) is 0 Å². The van der Waals surface area contributed by atoms with E-state index < -0.39 is 0 Å². The van der Waals surface area contributed by atoms with Crippen molar-refractivity contribution < 1.29 is 4.74 Å². The van der Waals surface area contributed by atoms with Crippen molar-refractivity contribution in [1.82, 2.24) is 4.90 Å². The third-order valence-corrected chi connectivity index (χ3v) is 9.17. The summed E-state index contributed by atoms with van der Waals surface area (Å²) in [6, 6.07) is 0. The van der Waals surface area contributed by atoms with Gasteiger partial charge in [-0.05, 0) is 56.1 Å². The molecule has 2 aliphatic heterocycles. The van der Waals surface area contributed by atoms with Crippen molar-refractivity contribution in [1.29, 1.82) is 0 Å². The molecule has 0 spiro atoms. The minimum atomic E-state index is -0.367. The van der Waals surface area contributed by atoms with Crippen LogP contribution in [0, 0.1) is 11.3 Å². The fourth-order valence-corrected chi connectivity index (χ4v) is 6.10. The Labute approximate surface area is 127 Å². The van der Waals surface area contributed by atoms with Crippen LogP contribution in [-0.2, 0) is 4.74 Å². The van der Waals surface area contributed by atoms with Crippen LogP contribution in [0.2, 0.25) is 0 Å². The van der Waals surface area contributed by atoms with Crippen molar-refractivity contribution in [2.75, 3.05) is 49.8 Å². The Balaban J connectivity index is 1.81. The minimum Gasteiger partial charge on any atom is -0.381 e. The molecule has 2 fully saturated rings. The summed E-state index contributed by atoms with van der Waals surface area (Å²) < 4.78 is 5.39. The van der Waals surface area contributed by atoms with Gasteiger partial charge in [0.25, 0.3) is 0 Å². The van der Waals surface area contributed by atoms with Crippen molar-refractivity contribution in [3.05, 3.63) is 0 Å². The van der Waals surface area contributed by atoms with Crippen LogP contribution in [0.4, 0.5) is 0 Å². The monoisotopic (exact) mass is 301 g/mol. The second kappa shape index (κ2) is 5.81. The van der Waals surface area contributed by atoms with E-state index in [1.807, 2.05) is 0 Å². The first-order valence-corrected chi connectivity index (χ1v) is 10.7. The van der Waals surface area contributed by atoms with Crippen LogP contribution in [0.15, 0.2) is 0 Å². The summed E-state index contributed by atoms with van der Waals surface area (Å²) in [5, 5.41) is 0. The van der Waals surface area contributed by atoms with Gasteiger partial charge in [-0.2, -0.15) is 0 Å². The summed E-state index contributed by atoms with van der Waals surface area (Å²) >= 11 is 0. The first-order valence-electron chi connectivity index (χ1n) is 8.17. The van der Waals surface area contributed by atoms with E-state index in [1.165, 1.54) is 36.8 Å². The maximum atomic E-state index is 5.39. The van der Waals surface area contributed by atoms with Gasteiger partial charge in [0.05, 0.1) is 13.2 Å². The minimum absolute atomic E-state index is 0.351. The number of hydrogen-bond donors (Lipinski definition) is 0. The number of nitrogens with zero attached hydrogens (tertiary/aromatic N) is 1. The highest BCUT2D eigenvalue weighted by Crippen LogP contribution is 2.50. The molecule has 0 aromatic carbocycles. The molecule has 120 valence electrons. The van der Waals surface area contributed by atoms with Gasteiger partial charge in [0.2, 0.25) is 0 Å². The van der Waals surface area contributed by atoms with Gasteiger partial charge >= 0.3 is 0 Å². The topological polar surface area (TPSA) is 12.5 Å². The average Bonchev–Trinajstić information content (AvgIpc) is 2.23. The van der Waals surface area contributed by atoms with Crippen LogP contribution in [0.25, 0.3) is 0 Å². The fraction of sp³-hybridized carbons (Fsp3) is 1.00. The number of hydrogen-bond acceptors (Lipinski definition) is 2. The van der Waals surface area contributed by atoms with Gasteiger partial charge < -0.3 is 4.74 Å². The zero-order valence-electron chi connectivity index (χ0n) is 14.5. The molecule has 0 radical (unpaired) electrons. The molecule has 0 aromatic rings. The van der Waals surface area contributed by atoms with E-state index in [0.29, 0.717) is 11.0 Å². The molecule has 0 amide bonds. The smallest absolute Gasteiger partial charge is 0.0521 e. The van der Waals surface area contributed by atoms with Gasteiger partial charge in [0.1, 0.15) is 0 Å². The molecule has 0 unspecified atom stereocenters. The maximum Gasteiger partial charge on any atom is 0.0521 e. The normalized spacial score (nSPS) is 27.1. The SMILES string of the molecule is CC(C)(CCS1(C)CCN(C(C)(C)C)CC1)C1COC1. The van der Waals surface area contributed by atoms with Crippen LogP contribution < -0.4 is 0 Å². The summed E-state index contributed by atoms with van der Waals surface area (Å²) in [5.41, 5.74) is 0.832. The van der Waals surface area contributed by atoms with Crippen molar-refractivity contribution in [3.8, 4) is 0 Å². The molecular weight excluding hydrogens is 266 g/mol. The van der Waals surface area contributed by atoms with E-state index in [9.17, 15) is 0 Å². The first-order chi connectivity index (χ1) is 9.12. The summed E-state index contributed by atoms with van der Waals surface area (Å²) in [4.78, 5) is 2.67. The second-order valence-corrected chi connectivity index (χ2v) is 12.9. The van der Waals surface area contributed by atoms with Crippen molar-refractivity contribution in [2.45, 2.75) is 46.6 Å². The van der Waals surface area contributed by atoms with Gasteiger partial charge in [0, 0.05) is 24.5 Å². The lowest BCUT2D eigenvalue weighted by molar-refractivity contribution is -0.0885. The average molecular weight is 302 g/mol. The molecule has 2 nitrogen and oxygen atoms in total. The predicted octanol–water partition coefficient (Wildman–Crippen LogP) is 3.60. The van der Waals surface area contributed by atoms with Crippen molar-refractivity contribution in [3.63, 3.8) is 0 Å². The Morgan fingerprint density at radius 1 is 1.05 bits per heavy atom. The van der Waals surface area contributed by atoms with Crippen LogP contribution in [-0.4, -0.2) is 60.3 Å². The molecule has 3 heteroatoms. The van der Waals surface area contributed by atoms with E-state index in [4.69, 9.17) is 4.74 Å². The first kappa shape index (κ1) is 16.6. The Hall–Kier alpha value is 0.270. The molecule has 2 rings (SSSR count).